The Kier molecular flexibility index (Phi) is 8.80. The fourth-order valence-corrected chi connectivity index (χ4v) is 4.86. The second-order valence-electron chi connectivity index (χ2n) is 8.47. The van der Waals surface area contributed by atoms with Crippen molar-refractivity contribution in [3.05, 3.63) is 29.8 Å². The van der Waals surface area contributed by atoms with E-state index in [0.717, 1.165) is 5.56 Å². The number of amides is 2. The van der Waals surface area contributed by atoms with Gasteiger partial charge < -0.3 is 15.3 Å². The zero-order valence-corrected chi connectivity index (χ0v) is 19.8. The number of carboxylic acid groups (broad SMARTS) is 1. The molecule has 178 valence electrons. The Bertz CT molecular complexity index is 923. The highest BCUT2D eigenvalue weighted by molar-refractivity contribution is 7.89. The number of rotatable bonds is 9. The maximum atomic E-state index is 12.8. The predicted molar refractivity (Wildman–Crippen MR) is 119 cm³/mol. The number of aliphatic carboxylic acids is 1. The van der Waals surface area contributed by atoms with E-state index in [1.54, 1.807) is 19.1 Å². The van der Waals surface area contributed by atoms with Crippen LogP contribution < -0.4 is 10.0 Å². The number of benzene rings is 1. The van der Waals surface area contributed by atoms with Crippen LogP contribution in [0.3, 0.4) is 0 Å². The molecule has 10 heteroatoms. The van der Waals surface area contributed by atoms with Crippen LogP contribution in [-0.4, -0.2) is 61.4 Å². The van der Waals surface area contributed by atoms with Crippen molar-refractivity contribution in [3.8, 4) is 0 Å². The first-order valence-electron chi connectivity index (χ1n) is 10.9. The minimum absolute atomic E-state index is 0.0902. The van der Waals surface area contributed by atoms with Gasteiger partial charge in [0.15, 0.2) is 0 Å². The lowest BCUT2D eigenvalue weighted by Gasteiger charge is -2.33. The molecule has 3 N–H and O–H groups in total. The molecule has 1 aliphatic heterocycles. The van der Waals surface area contributed by atoms with Gasteiger partial charge in [0, 0.05) is 19.0 Å². The van der Waals surface area contributed by atoms with Crippen LogP contribution in [0, 0.1) is 18.8 Å². The smallest absolute Gasteiger partial charge is 0.326 e. The molecule has 2 amide bonds. The molecule has 1 heterocycles. The first-order chi connectivity index (χ1) is 15.0. The van der Waals surface area contributed by atoms with E-state index in [-0.39, 0.29) is 28.5 Å². The molecule has 1 saturated heterocycles. The number of aryl methyl sites for hydroxylation is 1. The van der Waals surface area contributed by atoms with Gasteiger partial charge in [0.25, 0.3) is 0 Å². The number of carboxylic acids is 1. The lowest BCUT2D eigenvalue weighted by atomic mass is 9.93. The molecular weight excluding hydrogens is 434 g/mol. The molecule has 0 unspecified atom stereocenters. The van der Waals surface area contributed by atoms with Crippen molar-refractivity contribution in [2.75, 3.05) is 13.1 Å². The Labute approximate surface area is 189 Å². The molecule has 3 atom stereocenters. The fraction of sp³-hybridized carbons (Fsp3) is 0.591. The molecule has 0 aromatic heterocycles. The second kappa shape index (κ2) is 10.9. The van der Waals surface area contributed by atoms with E-state index in [2.05, 4.69) is 10.0 Å². The van der Waals surface area contributed by atoms with Crippen LogP contribution in [0.2, 0.25) is 0 Å². The van der Waals surface area contributed by atoms with Crippen molar-refractivity contribution >= 4 is 27.8 Å². The van der Waals surface area contributed by atoms with Gasteiger partial charge in [-0.15, -0.1) is 0 Å². The summed E-state index contributed by atoms with van der Waals surface area (Å²) in [6.07, 6.45) is 1.41. The molecular formula is C22H33N3O6S. The summed E-state index contributed by atoms with van der Waals surface area (Å²) in [5, 5.41) is 12.0. The van der Waals surface area contributed by atoms with E-state index in [0.29, 0.717) is 32.4 Å². The van der Waals surface area contributed by atoms with E-state index in [4.69, 9.17) is 0 Å². The summed E-state index contributed by atoms with van der Waals surface area (Å²) in [7, 11) is -3.83. The molecule has 32 heavy (non-hydrogen) atoms. The van der Waals surface area contributed by atoms with Crippen molar-refractivity contribution in [1.29, 1.82) is 0 Å². The Morgan fingerprint density at radius 2 is 1.69 bits per heavy atom. The highest BCUT2D eigenvalue weighted by Gasteiger charge is 2.33. The van der Waals surface area contributed by atoms with Gasteiger partial charge in [-0.1, -0.05) is 38.0 Å². The number of sulfonamides is 1. The van der Waals surface area contributed by atoms with Gasteiger partial charge >= 0.3 is 5.97 Å². The lowest BCUT2D eigenvalue weighted by molar-refractivity contribution is -0.144. The van der Waals surface area contributed by atoms with Gasteiger partial charge in [0.1, 0.15) is 6.04 Å². The van der Waals surface area contributed by atoms with Crippen LogP contribution in [0.15, 0.2) is 29.2 Å². The molecule has 1 aliphatic rings. The third-order valence-corrected chi connectivity index (χ3v) is 7.54. The number of hydrogen-bond donors (Lipinski definition) is 3. The van der Waals surface area contributed by atoms with Crippen molar-refractivity contribution in [2.45, 2.75) is 63.9 Å². The molecule has 1 aromatic carbocycles. The van der Waals surface area contributed by atoms with Gasteiger partial charge in [-0.2, -0.15) is 4.72 Å². The molecule has 0 aliphatic carbocycles. The summed E-state index contributed by atoms with van der Waals surface area (Å²) in [5.41, 5.74) is 0.929. The number of hydrogen-bond acceptors (Lipinski definition) is 5. The van der Waals surface area contributed by atoms with Gasteiger partial charge in [-0.3, -0.25) is 9.59 Å². The van der Waals surface area contributed by atoms with Crippen LogP contribution in [0.1, 0.15) is 45.6 Å². The molecule has 0 spiro atoms. The highest BCUT2D eigenvalue weighted by atomic mass is 32.2. The quantitative estimate of drug-likeness (QED) is 0.504. The summed E-state index contributed by atoms with van der Waals surface area (Å²) < 4.78 is 27.5. The largest absolute Gasteiger partial charge is 0.480 e. The van der Waals surface area contributed by atoms with E-state index >= 15 is 0 Å². The number of carbonyl (C=O) groups excluding carboxylic acids is 2. The molecule has 0 radical (unpaired) electrons. The van der Waals surface area contributed by atoms with Crippen LogP contribution in [0.4, 0.5) is 0 Å². The standard InChI is InChI=1S/C22H33N3O6S/c1-5-15(3)19(22(28)29)23-20(26)17-10-12-25(13-11-17)21(27)16(4)24-32(30,31)18-8-6-14(2)7-9-18/h6-9,15-17,19,24H,5,10-13H2,1-4H3,(H,23,26)(H,28,29)/t15-,16+,19+/m1/s1. The molecule has 1 aromatic rings. The van der Waals surface area contributed by atoms with Crippen LogP contribution in [0.5, 0.6) is 0 Å². The molecule has 2 rings (SSSR count). The Morgan fingerprint density at radius 1 is 1.12 bits per heavy atom. The summed E-state index contributed by atoms with van der Waals surface area (Å²) in [5.74, 6) is -2.32. The maximum Gasteiger partial charge on any atom is 0.326 e. The Morgan fingerprint density at radius 3 is 2.19 bits per heavy atom. The number of carbonyl (C=O) groups is 3. The van der Waals surface area contributed by atoms with E-state index in [9.17, 15) is 27.9 Å². The zero-order valence-electron chi connectivity index (χ0n) is 19.0. The fourth-order valence-electron chi connectivity index (χ4n) is 3.66. The van der Waals surface area contributed by atoms with Gasteiger partial charge in [-0.25, -0.2) is 13.2 Å². The summed E-state index contributed by atoms with van der Waals surface area (Å²) in [4.78, 5) is 38.4. The molecule has 9 nitrogen and oxygen atoms in total. The summed E-state index contributed by atoms with van der Waals surface area (Å²) in [6.45, 7) is 7.59. The zero-order chi connectivity index (χ0) is 24.1. The minimum Gasteiger partial charge on any atom is -0.480 e. The van der Waals surface area contributed by atoms with Crippen LogP contribution in [0.25, 0.3) is 0 Å². The van der Waals surface area contributed by atoms with Gasteiger partial charge in [-0.05, 0) is 44.7 Å². The Balaban J connectivity index is 1.91. The SMILES string of the molecule is CC[C@@H](C)[C@H](NC(=O)C1CCN(C(=O)[C@H](C)NS(=O)(=O)c2ccc(C)cc2)CC1)C(=O)O. The normalized spacial score (nSPS) is 17.9. The lowest BCUT2D eigenvalue weighted by Crippen LogP contribution is -2.52. The number of likely N-dealkylation sites (tertiary alicyclic amines) is 1. The summed E-state index contributed by atoms with van der Waals surface area (Å²) in [6, 6.07) is 4.46. The average Bonchev–Trinajstić information content (AvgIpc) is 2.76. The average molecular weight is 468 g/mol. The van der Waals surface area contributed by atoms with Crippen molar-refractivity contribution in [3.63, 3.8) is 0 Å². The third-order valence-electron chi connectivity index (χ3n) is 5.99. The topological polar surface area (TPSA) is 133 Å². The van der Waals surface area contributed by atoms with E-state index < -0.39 is 28.1 Å². The van der Waals surface area contributed by atoms with Crippen LogP contribution >= 0.6 is 0 Å². The molecule has 1 fully saturated rings. The predicted octanol–water partition coefficient (Wildman–Crippen LogP) is 1.52. The maximum absolute atomic E-state index is 12.8. The second-order valence-corrected chi connectivity index (χ2v) is 10.2. The number of nitrogens with zero attached hydrogens (tertiary/aromatic N) is 1. The molecule has 0 bridgehead atoms. The first kappa shape index (κ1) is 25.8. The number of piperidine rings is 1. The van der Waals surface area contributed by atoms with Gasteiger partial charge in [0.2, 0.25) is 21.8 Å². The third kappa shape index (κ3) is 6.52. The Hall–Kier alpha value is -2.46. The van der Waals surface area contributed by atoms with Crippen molar-refractivity contribution in [1.82, 2.24) is 14.9 Å². The summed E-state index contributed by atoms with van der Waals surface area (Å²) >= 11 is 0. The molecule has 0 saturated carbocycles. The monoisotopic (exact) mass is 467 g/mol. The van der Waals surface area contributed by atoms with E-state index in [1.807, 2.05) is 13.8 Å². The minimum atomic E-state index is -3.83. The van der Waals surface area contributed by atoms with Crippen molar-refractivity contribution in [2.24, 2.45) is 11.8 Å². The highest BCUT2D eigenvalue weighted by Crippen LogP contribution is 2.20. The number of nitrogens with one attached hydrogen (secondary N) is 2. The van der Waals surface area contributed by atoms with Gasteiger partial charge in [0.05, 0.1) is 10.9 Å². The van der Waals surface area contributed by atoms with E-state index in [1.165, 1.54) is 24.0 Å². The van der Waals surface area contributed by atoms with Crippen LogP contribution in [-0.2, 0) is 24.4 Å². The first-order valence-corrected chi connectivity index (χ1v) is 12.4. The van der Waals surface area contributed by atoms with Crippen molar-refractivity contribution < 1.29 is 27.9 Å².